The third kappa shape index (κ3) is 1.74. The Hall–Kier alpha value is -3.46. The van der Waals surface area contributed by atoms with Crippen LogP contribution in [0.3, 0.4) is 0 Å². The molecule has 2 aromatic carbocycles. The van der Waals surface area contributed by atoms with Crippen LogP contribution in [0.1, 0.15) is 33.5 Å². The molecule has 132 valence electrons. The minimum absolute atomic E-state index is 0.889. The van der Waals surface area contributed by atoms with Crippen LogP contribution < -0.4 is 4.90 Å². The Labute approximate surface area is 163 Å². The van der Waals surface area contributed by atoms with E-state index < -0.39 is 0 Å². The summed E-state index contributed by atoms with van der Waals surface area (Å²) in [6.07, 6.45) is 8.72. The summed E-state index contributed by atoms with van der Waals surface area (Å²) in [5.74, 6) is 0. The number of anilines is 3. The van der Waals surface area contributed by atoms with Crippen LogP contribution in [0.15, 0.2) is 67.1 Å². The van der Waals surface area contributed by atoms with Crippen molar-refractivity contribution in [3.05, 3.63) is 101 Å². The van der Waals surface area contributed by atoms with Gasteiger partial charge in [0.05, 0.1) is 29.0 Å². The minimum atomic E-state index is 0.889. The Balaban J connectivity index is 1.58. The molecule has 3 nitrogen and oxygen atoms in total. The van der Waals surface area contributed by atoms with Crippen LogP contribution >= 0.6 is 0 Å². The summed E-state index contributed by atoms with van der Waals surface area (Å²) >= 11 is 0. The zero-order valence-corrected chi connectivity index (χ0v) is 15.3. The summed E-state index contributed by atoms with van der Waals surface area (Å²) in [7, 11) is 0. The van der Waals surface area contributed by atoms with Gasteiger partial charge in [0.15, 0.2) is 0 Å². The molecule has 0 radical (unpaired) electrons. The highest BCUT2D eigenvalue weighted by Gasteiger charge is 2.36. The predicted octanol–water partition coefficient (Wildman–Crippen LogP) is 5.33. The largest absolute Gasteiger partial charge is 0.306 e. The lowest BCUT2D eigenvalue weighted by atomic mass is 9.84. The van der Waals surface area contributed by atoms with Gasteiger partial charge in [-0.05, 0) is 69.6 Å². The van der Waals surface area contributed by atoms with E-state index in [1.165, 1.54) is 56.0 Å². The molecule has 0 saturated carbocycles. The molecule has 0 saturated heterocycles. The van der Waals surface area contributed by atoms with Gasteiger partial charge in [0.1, 0.15) is 0 Å². The molecule has 0 N–H and O–H groups in total. The average molecular weight is 359 g/mol. The van der Waals surface area contributed by atoms with Gasteiger partial charge in [0.2, 0.25) is 0 Å². The average Bonchev–Trinajstić information content (AvgIpc) is 3.12. The van der Waals surface area contributed by atoms with Crippen molar-refractivity contribution in [3.8, 4) is 11.1 Å². The number of hydrogen-bond acceptors (Lipinski definition) is 3. The van der Waals surface area contributed by atoms with Gasteiger partial charge in [-0.2, -0.15) is 0 Å². The van der Waals surface area contributed by atoms with E-state index in [2.05, 4.69) is 52.3 Å². The second kappa shape index (κ2) is 5.08. The number of pyridine rings is 2. The molecule has 7 rings (SSSR count). The van der Waals surface area contributed by atoms with Crippen LogP contribution in [-0.4, -0.2) is 9.97 Å². The fourth-order valence-corrected chi connectivity index (χ4v) is 5.28. The molecular formula is C25H17N3. The zero-order valence-electron chi connectivity index (χ0n) is 15.3. The number of hydrogen-bond donors (Lipinski definition) is 0. The Kier molecular flexibility index (Phi) is 2.64. The summed E-state index contributed by atoms with van der Waals surface area (Å²) in [5, 5.41) is 0. The summed E-state index contributed by atoms with van der Waals surface area (Å²) in [5.41, 5.74) is 14.9. The van der Waals surface area contributed by atoms with Crippen molar-refractivity contribution in [3.63, 3.8) is 0 Å². The first-order valence-electron chi connectivity index (χ1n) is 9.81. The summed E-state index contributed by atoms with van der Waals surface area (Å²) in [6.45, 7) is 0. The molecule has 4 heterocycles. The van der Waals surface area contributed by atoms with Crippen LogP contribution in [0.2, 0.25) is 0 Å². The summed E-state index contributed by atoms with van der Waals surface area (Å²) < 4.78 is 0. The second-order valence-corrected chi connectivity index (χ2v) is 7.89. The molecule has 0 bridgehead atoms. The fourth-order valence-electron chi connectivity index (χ4n) is 5.28. The van der Waals surface area contributed by atoms with Crippen molar-refractivity contribution in [2.24, 2.45) is 0 Å². The Morgan fingerprint density at radius 1 is 0.714 bits per heavy atom. The third-order valence-electron chi connectivity index (χ3n) is 6.46. The van der Waals surface area contributed by atoms with Crippen LogP contribution in [0, 0.1) is 0 Å². The molecule has 0 amide bonds. The highest BCUT2D eigenvalue weighted by atomic mass is 15.2. The smallest absolute Gasteiger partial charge is 0.0688 e. The molecule has 0 spiro atoms. The minimum Gasteiger partial charge on any atom is -0.306 e. The standard InChI is InChI=1S/C25H17N3/c1-2-5-18-15(4-1)10-20-19(18)12-17-13-22-23(6-3-8-27-22)28-24-14-26-9-7-16(24)11-21(20)25(17)28/h1-9,12,14H,10-11,13H2. The van der Waals surface area contributed by atoms with Gasteiger partial charge in [-0.15, -0.1) is 0 Å². The third-order valence-corrected chi connectivity index (χ3v) is 6.46. The SMILES string of the molecule is c1ccc2c(c1)Cc1c-2cc2c3c1Cc1ccncc1N3c1cccnc1C2. The molecule has 1 aliphatic carbocycles. The van der Waals surface area contributed by atoms with Crippen molar-refractivity contribution in [1.82, 2.24) is 9.97 Å². The summed E-state index contributed by atoms with van der Waals surface area (Å²) in [4.78, 5) is 11.6. The van der Waals surface area contributed by atoms with Crippen LogP contribution in [0.4, 0.5) is 17.1 Å². The van der Waals surface area contributed by atoms with Gasteiger partial charge in [-0.3, -0.25) is 9.97 Å². The van der Waals surface area contributed by atoms with Crippen LogP contribution in [0.25, 0.3) is 11.1 Å². The Bertz CT molecular complexity index is 1290. The van der Waals surface area contributed by atoms with Crippen molar-refractivity contribution < 1.29 is 0 Å². The monoisotopic (exact) mass is 359 g/mol. The van der Waals surface area contributed by atoms with Crippen LogP contribution in [0.5, 0.6) is 0 Å². The van der Waals surface area contributed by atoms with Gasteiger partial charge in [-0.25, -0.2) is 0 Å². The molecule has 0 atom stereocenters. The number of nitrogens with zero attached hydrogens (tertiary/aromatic N) is 3. The first kappa shape index (κ1) is 14.6. The van der Waals surface area contributed by atoms with E-state index in [4.69, 9.17) is 4.98 Å². The van der Waals surface area contributed by atoms with E-state index in [9.17, 15) is 0 Å². The molecule has 2 aliphatic heterocycles. The Morgan fingerprint density at radius 3 is 2.64 bits per heavy atom. The van der Waals surface area contributed by atoms with Gasteiger partial charge in [-0.1, -0.05) is 24.3 Å². The number of rotatable bonds is 0. The molecular weight excluding hydrogens is 342 g/mol. The molecule has 0 unspecified atom stereocenters. The first-order valence-corrected chi connectivity index (χ1v) is 9.81. The fraction of sp³-hybridized carbons (Fsp3) is 0.120. The molecule has 0 fully saturated rings. The van der Waals surface area contributed by atoms with E-state index in [1.54, 1.807) is 0 Å². The lowest BCUT2D eigenvalue weighted by Crippen LogP contribution is -2.26. The van der Waals surface area contributed by atoms with E-state index in [0.29, 0.717) is 0 Å². The molecule has 3 heteroatoms. The van der Waals surface area contributed by atoms with Crippen LogP contribution in [-0.2, 0) is 19.3 Å². The lowest BCUT2D eigenvalue weighted by molar-refractivity contribution is 0.955. The summed E-state index contributed by atoms with van der Waals surface area (Å²) in [6, 6.07) is 17.7. The Morgan fingerprint density at radius 2 is 1.64 bits per heavy atom. The second-order valence-electron chi connectivity index (χ2n) is 7.89. The predicted molar refractivity (Wildman–Crippen MR) is 111 cm³/mol. The van der Waals surface area contributed by atoms with Gasteiger partial charge in [0, 0.05) is 25.2 Å². The number of aromatic nitrogens is 2. The number of fused-ring (bicyclic) bond motifs is 8. The maximum atomic E-state index is 4.72. The lowest BCUT2D eigenvalue weighted by Gasteiger charge is -2.39. The molecule has 2 aromatic heterocycles. The maximum absolute atomic E-state index is 4.72. The van der Waals surface area contributed by atoms with E-state index in [0.717, 1.165) is 25.0 Å². The molecule has 3 aliphatic rings. The van der Waals surface area contributed by atoms with E-state index in [-0.39, 0.29) is 0 Å². The van der Waals surface area contributed by atoms with E-state index >= 15 is 0 Å². The maximum Gasteiger partial charge on any atom is 0.0688 e. The zero-order chi connectivity index (χ0) is 18.2. The van der Waals surface area contributed by atoms with Crippen molar-refractivity contribution in [2.45, 2.75) is 19.3 Å². The van der Waals surface area contributed by atoms with E-state index in [1.807, 2.05) is 24.7 Å². The van der Waals surface area contributed by atoms with Crippen molar-refractivity contribution in [1.29, 1.82) is 0 Å². The highest BCUT2D eigenvalue weighted by molar-refractivity contribution is 5.93. The highest BCUT2D eigenvalue weighted by Crippen LogP contribution is 2.53. The van der Waals surface area contributed by atoms with Crippen molar-refractivity contribution in [2.75, 3.05) is 4.90 Å². The first-order chi connectivity index (χ1) is 13.9. The normalized spacial score (nSPS) is 14.6. The molecule has 4 aromatic rings. The topological polar surface area (TPSA) is 29.0 Å². The van der Waals surface area contributed by atoms with Gasteiger partial charge < -0.3 is 4.90 Å². The molecule has 28 heavy (non-hydrogen) atoms. The van der Waals surface area contributed by atoms with Crippen molar-refractivity contribution >= 4 is 17.1 Å². The van der Waals surface area contributed by atoms with Gasteiger partial charge in [0.25, 0.3) is 0 Å². The van der Waals surface area contributed by atoms with Gasteiger partial charge >= 0.3 is 0 Å². The number of benzene rings is 2. The quantitative estimate of drug-likeness (QED) is 0.367.